The molecule has 150 valence electrons. The average Bonchev–Trinajstić information content (AvgIpc) is 2.70. The molecule has 2 rings (SSSR count). The molecule has 8 nitrogen and oxygen atoms in total. The predicted octanol–water partition coefficient (Wildman–Crippen LogP) is 0.798. The number of methoxy groups -OCH3 is 1. The maximum absolute atomic E-state index is 12.4. The normalized spacial score (nSPS) is 14.1. The highest BCUT2D eigenvalue weighted by molar-refractivity contribution is 5.80. The van der Waals surface area contributed by atoms with Gasteiger partial charge in [0.1, 0.15) is 6.61 Å². The van der Waals surface area contributed by atoms with Gasteiger partial charge in [-0.3, -0.25) is 9.59 Å². The Morgan fingerprint density at radius 1 is 0.889 bits per heavy atom. The van der Waals surface area contributed by atoms with Gasteiger partial charge in [0.05, 0.1) is 19.8 Å². The van der Waals surface area contributed by atoms with Gasteiger partial charge in [-0.05, 0) is 19.1 Å². The molecular formula is C19H28N2O6. The average molecular weight is 380 g/mol. The number of ether oxygens (including phenoxy) is 4. The fourth-order valence-corrected chi connectivity index (χ4v) is 2.67. The van der Waals surface area contributed by atoms with Crippen LogP contribution in [0.3, 0.4) is 0 Å². The molecule has 1 aliphatic rings. The van der Waals surface area contributed by atoms with E-state index in [4.69, 9.17) is 18.9 Å². The second kappa shape index (κ2) is 11.4. The summed E-state index contributed by atoms with van der Waals surface area (Å²) in [6.45, 7) is 5.21. The molecule has 0 unspecified atom stereocenters. The number of carbonyl (C=O) groups is 2. The molecule has 1 aromatic carbocycles. The van der Waals surface area contributed by atoms with Crippen LogP contribution in [0.4, 0.5) is 0 Å². The van der Waals surface area contributed by atoms with E-state index in [2.05, 4.69) is 0 Å². The lowest BCUT2D eigenvalue weighted by Crippen LogP contribution is -2.52. The van der Waals surface area contributed by atoms with Crippen molar-refractivity contribution in [2.75, 3.05) is 66.3 Å². The van der Waals surface area contributed by atoms with Crippen LogP contribution >= 0.6 is 0 Å². The van der Waals surface area contributed by atoms with Gasteiger partial charge in [0.15, 0.2) is 18.1 Å². The molecule has 0 bridgehead atoms. The molecule has 1 aliphatic heterocycles. The van der Waals surface area contributed by atoms with Crippen LogP contribution in [-0.2, 0) is 19.1 Å². The van der Waals surface area contributed by atoms with Crippen LogP contribution in [-0.4, -0.2) is 87.9 Å². The van der Waals surface area contributed by atoms with Crippen LogP contribution in [0.1, 0.15) is 6.92 Å². The summed E-state index contributed by atoms with van der Waals surface area (Å²) in [5, 5.41) is 0. The summed E-state index contributed by atoms with van der Waals surface area (Å²) in [4.78, 5) is 27.9. The van der Waals surface area contributed by atoms with E-state index in [1.807, 2.05) is 25.1 Å². The fourth-order valence-electron chi connectivity index (χ4n) is 2.67. The van der Waals surface area contributed by atoms with Crippen molar-refractivity contribution >= 4 is 11.8 Å². The first-order chi connectivity index (χ1) is 13.2. The molecule has 0 radical (unpaired) electrons. The molecule has 1 fully saturated rings. The van der Waals surface area contributed by atoms with Gasteiger partial charge < -0.3 is 28.7 Å². The Morgan fingerprint density at radius 2 is 1.44 bits per heavy atom. The molecule has 0 aliphatic carbocycles. The Bertz CT molecular complexity index is 602. The second-order valence-corrected chi connectivity index (χ2v) is 5.98. The van der Waals surface area contributed by atoms with Gasteiger partial charge in [-0.15, -0.1) is 0 Å². The summed E-state index contributed by atoms with van der Waals surface area (Å²) in [7, 11) is 1.58. The summed E-state index contributed by atoms with van der Waals surface area (Å²) >= 11 is 0. The molecule has 1 heterocycles. The standard InChI is InChI=1S/C19H28N2O6/c1-3-26-16-6-4-5-7-17(16)27-15-19(23)21-10-8-20(9-11-21)18(22)14-25-13-12-24-2/h4-7H,3,8-15H2,1-2H3. The lowest BCUT2D eigenvalue weighted by molar-refractivity contribution is -0.143. The molecule has 2 amide bonds. The maximum atomic E-state index is 12.4. The summed E-state index contributed by atoms with van der Waals surface area (Å²) in [5.74, 6) is 0.997. The number of hydrogen-bond acceptors (Lipinski definition) is 6. The number of benzene rings is 1. The first-order valence-electron chi connectivity index (χ1n) is 9.12. The quantitative estimate of drug-likeness (QED) is 0.559. The van der Waals surface area contributed by atoms with Crippen LogP contribution in [0.5, 0.6) is 11.5 Å². The van der Waals surface area contributed by atoms with Gasteiger partial charge in [0, 0.05) is 33.3 Å². The van der Waals surface area contributed by atoms with E-state index in [-0.39, 0.29) is 25.0 Å². The lowest BCUT2D eigenvalue weighted by Gasteiger charge is -2.34. The molecule has 0 spiro atoms. The first kappa shape index (κ1) is 21.0. The number of nitrogens with zero attached hydrogens (tertiary/aromatic N) is 2. The topological polar surface area (TPSA) is 77.5 Å². The van der Waals surface area contributed by atoms with Gasteiger partial charge >= 0.3 is 0 Å². The molecule has 1 aromatic rings. The van der Waals surface area contributed by atoms with Gasteiger partial charge in [0.2, 0.25) is 5.91 Å². The maximum Gasteiger partial charge on any atom is 0.260 e. The minimum absolute atomic E-state index is 0.0363. The predicted molar refractivity (Wildman–Crippen MR) is 99.0 cm³/mol. The molecule has 0 aromatic heterocycles. The molecule has 27 heavy (non-hydrogen) atoms. The number of amides is 2. The Kier molecular flexibility index (Phi) is 8.86. The number of para-hydroxylation sites is 2. The highest BCUT2D eigenvalue weighted by Gasteiger charge is 2.24. The Labute approximate surface area is 159 Å². The zero-order chi connectivity index (χ0) is 19.5. The zero-order valence-corrected chi connectivity index (χ0v) is 16.0. The zero-order valence-electron chi connectivity index (χ0n) is 16.0. The van der Waals surface area contributed by atoms with Crippen molar-refractivity contribution < 1.29 is 28.5 Å². The van der Waals surface area contributed by atoms with Crippen molar-refractivity contribution in [2.24, 2.45) is 0 Å². The highest BCUT2D eigenvalue weighted by atomic mass is 16.5. The summed E-state index contributed by atoms with van der Waals surface area (Å²) < 4.78 is 21.2. The van der Waals surface area contributed by atoms with Crippen LogP contribution in [0.2, 0.25) is 0 Å². The molecule has 0 atom stereocenters. The molecule has 1 saturated heterocycles. The van der Waals surface area contributed by atoms with Crippen molar-refractivity contribution in [3.63, 3.8) is 0 Å². The van der Waals surface area contributed by atoms with Crippen molar-refractivity contribution in [3.05, 3.63) is 24.3 Å². The molecule has 0 N–H and O–H groups in total. The van der Waals surface area contributed by atoms with E-state index in [0.29, 0.717) is 57.5 Å². The highest BCUT2D eigenvalue weighted by Crippen LogP contribution is 2.26. The summed E-state index contributed by atoms with van der Waals surface area (Å²) in [5.41, 5.74) is 0. The third kappa shape index (κ3) is 6.73. The Hall–Kier alpha value is -2.32. The Balaban J connectivity index is 1.73. The second-order valence-electron chi connectivity index (χ2n) is 5.98. The van der Waals surface area contributed by atoms with E-state index < -0.39 is 0 Å². The smallest absolute Gasteiger partial charge is 0.260 e. The molecule has 8 heteroatoms. The fraction of sp³-hybridized carbons (Fsp3) is 0.579. The van der Waals surface area contributed by atoms with Gasteiger partial charge in [-0.25, -0.2) is 0 Å². The summed E-state index contributed by atoms with van der Waals surface area (Å²) in [6.07, 6.45) is 0. The molecular weight excluding hydrogens is 352 g/mol. The van der Waals surface area contributed by atoms with Crippen LogP contribution in [0.15, 0.2) is 24.3 Å². The largest absolute Gasteiger partial charge is 0.490 e. The number of piperazine rings is 1. The van der Waals surface area contributed by atoms with E-state index in [9.17, 15) is 9.59 Å². The van der Waals surface area contributed by atoms with E-state index in [1.165, 1.54) is 0 Å². The third-order valence-electron chi connectivity index (χ3n) is 4.14. The van der Waals surface area contributed by atoms with Crippen LogP contribution in [0.25, 0.3) is 0 Å². The van der Waals surface area contributed by atoms with Crippen molar-refractivity contribution in [1.82, 2.24) is 9.80 Å². The van der Waals surface area contributed by atoms with Gasteiger partial charge in [-0.1, -0.05) is 12.1 Å². The van der Waals surface area contributed by atoms with Gasteiger partial charge in [0.25, 0.3) is 5.91 Å². The van der Waals surface area contributed by atoms with Gasteiger partial charge in [-0.2, -0.15) is 0 Å². The number of hydrogen-bond donors (Lipinski definition) is 0. The number of carbonyl (C=O) groups excluding carboxylic acids is 2. The van der Waals surface area contributed by atoms with Crippen LogP contribution in [0, 0.1) is 0 Å². The third-order valence-corrected chi connectivity index (χ3v) is 4.14. The van der Waals surface area contributed by atoms with Crippen molar-refractivity contribution in [3.8, 4) is 11.5 Å². The van der Waals surface area contributed by atoms with Crippen molar-refractivity contribution in [1.29, 1.82) is 0 Å². The summed E-state index contributed by atoms with van der Waals surface area (Å²) in [6, 6.07) is 7.27. The minimum atomic E-state index is -0.107. The van der Waals surface area contributed by atoms with Crippen LogP contribution < -0.4 is 9.47 Å². The van der Waals surface area contributed by atoms with E-state index >= 15 is 0 Å². The molecule has 0 saturated carbocycles. The monoisotopic (exact) mass is 380 g/mol. The Morgan fingerprint density at radius 3 is 2.00 bits per heavy atom. The lowest BCUT2D eigenvalue weighted by atomic mass is 10.3. The van der Waals surface area contributed by atoms with E-state index in [1.54, 1.807) is 23.0 Å². The minimum Gasteiger partial charge on any atom is -0.490 e. The number of rotatable bonds is 10. The first-order valence-corrected chi connectivity index (χ1v) is 9.12. The van der Waals surface area contributed by atoms with Crippen molar-refractivity contribution in [2.45, 2.75) is 6.92 Å². The SMILES string of the molecule is CCOc1ccccc1OCC(=O)N1CCN(C(=O)COCCOC)CC1. The van der Waals surface area contributed by atoms with E-state index in [0.717, 1.165) is 0 Å².